The van der Waals surface area contributed by atoms with Crippen LogP contribution in [0.4, 0.5) is 4.39 Å². The van der Waals surface area contributed by atoms with Gasteiger partial charge in [0, 0.05) is 43.9 Å². The van der Waals surface area contributed by atoms with Crippen molar-refractivity contribution in [3.05, 3.63) is 71.8 Å². The number of benzene rings is 2. The Labute approximate surface area is 198 Å². The van der Waals surface area contributed by atoms with E-state index in [1.807, 2.05) is 9.80 Å². The number of rotatable bonds is 5. The molecule has 34 heavy (non-hydrogen) atoms. The predicted molar refractivity (Wildman–Crippen MR) is 126 cm³/mol. The maximum Gasteiger partial charge on any atom is 0.276 e. The highest BCUT2D eigenvalue weighted by Crippen LogP contribution is 2.25. The number of piperidine rings is 1. The fourth-order valence-electron chi connectivity index (χ4n) is 4.90. The number of carbonyl (C=O) groups excluding carboxylic acids is 2. The van der Waals surface area contributed by atoms with Crippen molar-refractivity contribution in [3.63, 3.8) is 0 Å². The van der Waals surface area contributed by atoms with Crippen molar-refractivity contribution in [2.75, 3.05) is 26.2 Å². The van der Waals surface area contributed by atoms with E-state index in [1.165, 1.54) is 6.07 Å². The van der Waals surface area contributed by atoms with Crippen LogP contribution in [0.25, 0.3) is 11.1 Å². The molecule has 3 aromatic rings. The normalized spacial score (nSPS) is 18.3. The fourth-order valence-corrected chi connectivity index (χ4v) is 4.90. The van der Waals surface area contributed by atoms with E-state index < -0.39 is 0 Å². The Bertz CT molecular complexity index is 1170. The maximum atomic E-state index is 14.1. The third kappa shape index (κ3) is 4.71. The minimum Gasteiger partial charge on any atom is -0.338 e. The Morgan fingerprint density at radius 2 is 1.65 bits per heavy atom. The largest absolute Gasteiger partial charge is 0.338 e. The van der Waals surface area contributed by atoms with Crippen LogP contribution in [-0.4, -0.2) is 62.8 Å². The molecule has 0 aliphatic carbocycles. The molecule has 2 aliphatic heterocycles. The maximum absolute atomic E-state index is 14.1. The van der Waals surface area contributed by atoms with Gasteiger partial charge in [-0.15, -0.1) is 5.10 Å². The molecule has 0 unspecified atom stereocenters. The summed E-state index contributed by atoms with van der Waals surface area (Å²) in [4.78, 5) is 29.3. The van der Waals surface area contributed by atoms with Gasteiger partial charge in [0.05, 0.1) is 6.20 Å². The lowest BCUT2D eigenvalue weighted by molar-refractivity contribution is 0.0659. The summed E-state index contributed by atoms with van der Waals surface area (Å²) in [6.07, 6.45) is 5.71. The number of likely N-dealkylation sites (tertiary alicyclic amines) is 2. The summed E-state index contributed by atoms with van der Waals surface area (Å²) in [6.45, 7) is 3.53. The first-order chi connectivity index (χ1) is 16.6. The minimum absolute atomic E-state index is 0.0201. The number of hydrogen-bond acceptors (Lipinski definition) is 4. The predicted octanol–water partition coefficient (Wildman–Crippen LogP) is 3.87. The van der Waals surface area contributed by atoms with Gasteiger partial charge in [0.25, 0.3) is 11.8 Å². The van der Waals surface area contributed by atoms with E-state index in [0.717, 1.165) is 44.3 Å². The number of aromatic nitrogens is 3. The van der Waals surface area contributed by atoms with E-state index in [2.05, 4.69) is 10.3 Å². The molecule has 3 heterocycles. The minimum atomic E-state index is -0.279. The van der Waals surface area contributed by atoms with Crippen LogP contribution in [0, 0.1) is 11.7 Å². The van der Waals surface area contributed by atoms with Gasteiger partial charge in [-0.05, 0) is 55.4 Å². The first-order valence-electron chi connectivity index (χ1n) is 11.9. The summed E-state index contributed by atoms with van der Waals surface area (Å²) in [5.41, 5.74) is 2.26. The second-order valence-corrected chi connectivity index (χ2v) is 9.14. The number of amides is 2. The van der Waals surface area contributed by atoms with Gasteiger partial charge >= 0.3 is 0 Å². The standard InChI is InChI=1S/C26H28FN5O2/c27-23-8-2-1-7-22(23)20-9-11-21(12-10-20)25(33)31-15-5-6-19(16-31)17-32-18-24(28-29-32)26(34)30-13-3-4-14-30/h1-2,7-12,18-19H,3-6,13-17H2/t19-/m0/s1. The Kier molecular flexibility index (Phi) is 6.38. The molecule has 0 saturated carbocycles. The second-order valence-electron chi connectivity index (χ2n) is 9.14. The highest BCUT2D eigenvalue weighted by atomic mass is 19.1. The summed E-state index contributed by atoms with van der Waals surface area (Å²) in [5.74, 6) is -0.109. The van der Waals surface area contributed by atoms with E-state index in [1.54, 1.807) is 53.3 Å². The van der Waals surface area contributed by atoms with Gasteiger partial charge in [0.1, 0.15) is 5.82 Å². The topological polar surface area (TPSA) is 71.3 Å². The van der Waals surface area contributed by atoms with Gasteiger partial charge in [-0.2, -0.15) is 0 Å². The van der Waals surface area contributed by atoms with Gasteiger partial charge in [-0.25, -0.2) is 4.39 Å². The third-order valence-corrected chi connectivity index (χ3v) is 6.72. The Morgan fingerprint density at radius 3 is 2.41 bits per heavy atom. The number of halogens is 1. The zero-order chi connectivity index (χ0) is 23.5. The van der Waals surface area contributed by atoms with Crippen LogP contribution in [0.2, 0.25) is 0 Å². The summed E-state index contributed by atoms with van der Waals surface area (Å²) in [5, 5.41) is 8.24. The molecule has 5 rings (SSSR count). The van der Waals surface area contributed by atoms with Crippen molar-refractivity contribution in [2.45, 2.75) is 32.2 Å². The van der Waals surface area contributed by atoms with E-state index in [-0.39, 0.29) is 23.5 Å². The molecular weight excluding hydrogens is 433 g/mol. The van der Waals surface area contributed by atoms with Crippen LogP contribution in [-0.2, 0) is 6.54 Å². The molecule has 2 saturated heterocycles. The summed E-state index contributed by atoms with van der Waals surface area (Å²) >= 11 is 0. The van der Waals surface area contributed by atoms with Crippen molar-refractivity contribution in [3.8, 4) is 11.1 Å². The van der Waals surface area contributed by atoms with E-state index in [4.69, 9.17) is 0 Å². The monoisotopic (exact) mass is 461 g/mol. The van der Waals surface area contributed by atoms with Crippen molar-refractivity contribution < 1.29 is 14.0 Å². The molecule has 0 radical (unpaired) electrons. The van der Waals surface area contributed by atoms with E-state index in [9.17, 15) is 14.0 Å². The molecule has 8 heteroatoms. The SMILES string of the molecule is O=C(c1ccc(-c2ccccc2F)cc1)N1CCC[C@H](Cn2cc(C(=O)N3CCCC3)nn2)C1. The van der Waals surface area contributed by atoms with Gasteiger partial charge < -0.3 is 9.80 Å². The van der Waals surface area contributed by atoms with Gasteiger partial charge in [0.2, 0.25) is 0 Å². The van der Waals surface area contributed by atoms with Crippen molar-refractivity contribution in [1.82, 2.24) is 24.8 Å². The highest BCUT2D eigenvalue weighted by Gasteiger charge is 2.26. The van der Waals surface area contributed by atoms with Crippen LogP contribution in [0.3, 0.4) is 0 Å². The van der Waals surface area contributed by atoms with Crippen LogP contribution in [0.5, 0.6) is 0 Å². The van der Waals surface area contributed by atoms with Crippen LogP contribution >= 0.6 is 0 Å². The van der Waals surface area contributed by atoms with Crippen molar-refractivity contribution in [1.29, 1.82) is 0 Å². The first kappa shape index (κ1) is 22.3. The van der Waals surface area contributed by atoms with Crippen LogP contribution in [0.15, 0.2) is 54.7 Å². The molecule has 1 aromatic heterocycles. The Balaban J connectivity index is 1.21. The molecule has 0 N–H and O–H groups in total. The first-order valence-corrected chi connectivity index (χ1v) is 11.9. The molecule has 2 aromatic carbocycles. The van der Waals surface area contributed by atoms with Gasteiger partial charge in [0.15, 0.2) is 5.69 Å². The molecule has 0 bridgehead atoms. The average Bonchev–Trinajstić information content (AvgIpc) is 3.57. The van der Waals surface area contributed by atoms with Gasteiger partial charge in [-0.3, -0.25) is 14.3 Å². The molecule has 0 spiro atoms. The summed E-state index contributed by atoms with van der Waals surface area (Å²) in [6, 6.07) is 13.7. The summed E-state index contributed by atoms with van der Waals surface area (Å²) < 4.78 is 15.8. The summed E-state index contributed by atoms with van der Waals surface area (Å²) in [7, 11) is 0. The number of hydrogen-bond donors (Lipinski definition) is 0. The molecule has 176 valence electrons. The second kappa shape index (κ2) is 9.75. The smallest absolute Gasteiger partial charge is 0.276 e. The lowest BCUT2D eigenvalue weighted by atomic mass is 9.97. The Hall–Kier alpha value is -3.55. The van der Waals surface area contributed by atoms with Crippen molar-refractivity contribution in [2.24, 2.45) is 5.92 Å². The lowest BCUT2D eigenvalue weighted by Crippen LogP contribution is -2.41. The molecule has 1 atom stereocenters. The quantitative estimate of drug-likeness (QED) is 0.578. The fraction of sp³-hybridized carbons (Fsp3) is 0.385. The zero-order valence-electron chi connectivity index (χ0n) is 19.1. The highest BCUT2D eigenvalue weighted by molar-refractivity contribution is 5.95. The van der Waals surface area contributed by atoms with Gasteiger partial charge in [-0.1, -0.05) is 35.5 Å². The molecule has 2 fully saturated rings. The molecule has 2 aliphatic rings. The molecular formula is C26H28FN5O2. The van der Waals surface area contributed by atoms with E-state index >= 15 is 0 Å². The average molecular weight is 462 g/mol. The Morgan fingerprint density at radius 1 is 0.912 bits per heavy atom. The molecule has 7 nitrogen and oxygen atoms in total. The number of nitrogens with zero attached hydrogens (tertiary/aromatic N) is 5. The van der Waals surface area contributed by atoms with Crippen LogP contribution in [0.1, 0.15) is 46.5 Å². The zero-order valence-corrected chi connectivity index (χ0v) is 19.1. The number of carbonyl (C=O) groups is 2. The van der Waals surface area contributed by atoms with E-state index in [0.29, 0.717) is 36.5 Å². The third-order valence-electron chi connectivity index (χ3n) is 6.72. The molecule has 2 amide bonds. The van der Waals surface area contributed by atoms with Crippen LogP contribution < -0.4 is 0 Å². The lowest BCUT2D eigenvalue weighted by Gasteiger charge is -2.32. The van der Waals surface area contributed by atoms with Crippen molar-refractivity contribution >= 4 is 11.8 Å².